The third kappa shape index (κ3) is 2.67. The Morgan fingerprint density at radius 1 is 1.00 bits per heavy atom. The lowest BCUT2D eigenvalue weighted by molar-refractivity contribution is 1.07. The van der Waals surface area contributed by atoms with Crippen LogP contribution in [-0.2, 0) is 6.42 Å². The molecule has 0 unspecified atom stereocenters. The lowest BCUT2D eigenvalue weighted by Crippen LogP contribution is -1.92. The summed E-state index contributed by atoms with van der Waals surface area (Å²) in [5.41, 5.74) is 2.05. The van der Waals surface area contributed by atoms with Crippen molar-refractivity contribution >= 4 is 23.2 Å². The van der Waals surface area contributed by atoms with E-state index in [-0.39, 0.29) is 5.28 Å². The van der Waals surface area contributed by atoms with E-state index in [2.05, 4.69) is 9.97 Å². The highest BCUT2D eigenvalue weighted by atomic mass is 35.5. The summed E-state index contributed by atoms with van der Waals surface area (Å²) in [6.07, 6.45) is 4.13. The van der Waals surface area contributed by atoms with Gasteiger partial charge < -0.3 is 0 Å². The zero-order chi connectivity index (χ0) is 10.7. The molecule has 1 heterocycles. The van der Waals surface area contributed by atoms with Gasteiger partial charge in [0.1, 0.15) is 0 Å². The molecule has 0 saturated heterocycles. The van der Waals surface area contributed by atoms with Crippen LogP contribution in [0.2, 0.25) is 10.3 Å². The highest BCUT2D eigenvalue weighted by Gasteiger charge is 2.01. The lowest BCUT2D eigenvalue weighted by atomic mass is 10.1. The molecule has 0 fully saturated rings. The summed E-state index contributed by atoms with van der Waals surface area (Å²) in [4.78, 5) is 7.83. The van der Waals surface area contributed by atoms with Crippen molar-refractivity contribution in [2.75, 3.05) is 0 Å². The van der Waals surface area contributed by atoms with Crippen LogP contribution in [0.3, 0.4) is 0 Å². The first kappa shape index (κ1) is 10.4. The molecule has 4 heteroatoms. The highest BCUT2D eigenvalue weighted by molar-refractivity contribution is 6.31. The number of hydrogen-bond acceptors (Lipinski definition) is 2. The van der Waals surface area contributed by atoms with Crippen LogP contribution in [0.4, 0.5) is 0 Å². The minimum atomic E-state index is 0.262. The van der Waals surface area contributed by atoms with Crippen LogP contribution in [0.25, 0.3) is 0 Å². The van der Waals surface area contributed by atoms with E-state index < -0.39 is 0 Å². The van der Waals surface area contributed by atoms with E-state index in [0.717, 1.165) is 22.6 Å². The second-order valence-electron chi connectivity index (χ2n) is 3.13. The predicted molar refractivity (Wildman–Crippen MR) is 61.3 cm³/mol. The summed E-state index contributed by atoms with van der Waals surface area (Å²) in [6, 6.07) is 7.72. The Morgan fingerprint density at radius 2 is 1.67 bits per heavy atom. The monoisotopic (exact) mass is 238 g/mol. The van der Waals surface area contributed by atoms with Crippen LogP contribution in [0.1, 0.15) is 11.1 Å². The van der Waals surface area contributed by atoms with Crippen LogP contribution in [0.15, 0.2) is 36.7 Å². The first-order chi connectivity index (χ1) is 7.25. The molecule has 76 valence electrons. The number of aromatic nitrogens is 2. The summed E-state index contributed by atoms with van der Waals surface area (Å²) in [7, 11) is 0. The number of hydrogen-bond donors (Lipinski definition) is 0. The van der Waals surface area contributed by atoms with Crippen LogP contribution >= 0.6 is 23.2 Å². The topological polar surface area (TPSA) is 25.8 Å². The largest absolute Gasteiger partial charge is 0.226 e. The molecule has 0 aliphatic rings. The van der Waals surface area contributed by atoms with Gasteiger partial charge >= 0.3 is 0 Å². The van der Waals surface area contributed by atoms with Crippen LogP contribution < -0.4 is 0 Å². The smallest absolute Gasteiger partial charge is 0.222 e. The Labute approximate surface area is 97.9 Å². The summed E-state index contributed by atoms with van der Waals surface area (Å²) in [6.45, 7) is 0. The van der Waals surface area contributed by atoms with Gasteiger partial charge in [0.15, 0.2) is 0 Å². The van der Waals surface area contributed by atoms with Gasteiger partial charge in [0.05, 0.1) is 0 Å². The molecular weight excluding hydrogens is 231 g/mol. The summed E-state index contributed by atoms with van der Waals surface area (Å²) in [5, 5.41) is 1.02. The van der Waals surface area contributed by atoms with E-state index in [9.17, 15) is 0 Å². The quantitative estimate of drug-likeness (QED) is 0.751. The molecule has 0 aliphatic carbocycles. The molecule has 0 amide bonds. The van der Waals surface area contributed by atoms with E-state index in [1.54, 1.807) is 12.4 Å². The fourth-order valence-electron chi connectivity index (χ4n) is 1.29. The molecule has 2 aromatic rings. The first-order valence-corrected chi connectivity index (χ1v) is 5.21. The van der Waals surface area contributed by atoms with Crippen LogP contribution in [0.5, 0.6) is 0 Å². The normalized spacial score (nSPS) is 10.3. The Balaban J connectivity index is 2.22. The molecule has 0 atom stereocenters. The van der Waals surface area contributed by atoms with Gasteiger partial charge in [-0.25, -0.2) is 9.97 Å². The second-order valence-corrected chi connectivity index (χ2v) is 3.87. The minimum Gasteiger partial charge on any atom is -0.226 e. The molecule has 1 aromatic carbocycles. The molecule has 0 saturated carbocycles. The summed E-state index contributed by atoms with van der Waals surface area (Å²) >= 11 is 11.6. The minimum absolute atomic E-state index is 0.262. The lowest BCUT2D eigenvalue weighted by Gasteiger charge is -2.03. The molecule has 0 aliphatic heterocycles. The van der Waals surface area contributed by atoms with E-state index >= 15 is 0 Å². The van der Waals surface area contributed by atoms with Crippen molar-refractivity contribution in [3.05, 3.63) is 58.1 Å². The molecule has 15 heavy (non-hydrogen) atoms. The Bertz CT molecular complexity index is 454. The standard InChI is InChI=1S/C11H8Cl2N2/c12-10-4-2-1-3-9(10)5-8-6-14-11(13)15-7-8/h1-4,6-7H,5H2. The zero-order valence-electron chi connectivity index (χ0n) is 7.82. The summed E-state index contributed by atoms with van der Waals surface area (Å²) < 4.78 is 0. The number of halogens is 2. The van der Waals surface area contributed by atoms with Gasteiger partial charge in [0, 0.05) is 23.8 Å². The van der Waals surface area contributed by atoms with E-state index in [4.69, 9.17) is 23.2 Å². The number of benzene rings is 1. The molecule has 1 aromatic heterocycles. The van der Waals surface area contributed by atoms with Gasteiger partial charge in [-0.15, -0.1) is 0 Å². The predicted octanol–water partition coefficient (Wildman–Crippen LogP) is 3.37. The van der Waals surface area contributed by atoms with Crippen molar-refractivity contribution in [2.45, 2.75) is 6.42 Å². The van der Waals surface area contributed by atoms with E-state index in [1.807, 2.05) is 24.3 Å². The first-order valence-electron chi connectivity index (χ1n) is 4.45. The van der Waals surface area contributed by atoms with Crippen molar-refractivity contribution in [2.24, 2.45) is 0 Å². The van der Waals surface area contributed by atoms with Gasteiger partial charge in [0.25, 0.3) is 0 Å². The number of rotatable bonds is 2. The van der Waals surface area contributed by atoms with Crippen molar-refractivity contribution in [3.63, 3.8) is 0 Å². The van der Waals surface area contributed by atoms with Gasteiger partial charge in [-0.1, -0.05) is 29.8 Å². The maximum absolute atomic E-state index is 6.04. The SMILES string of the molecule is Clc1ncc(Cc2ccccc2Cl)cn1. The van der Waals surface area contributed by atoms with Crippen LogP contribution in [-0.4, -0.2) is 9.97 Å². The van der Waals surface area contributed by atoms with E-state index in [1.165, 1.54) is 0 Å². The van der Waals surface area contributed by atoms with Gasteiger partial charge in [-0.2, -0.15) is 0 Å². The Hall–Kier alpha value is -1.12. The highest BCUT2D eigenvalue weighted by Crippen LogP contribution is 2.18. The summed E-state index contributed by atoms with van der Waals surface area (Å²) in [5.74, 6) is 0. The Kier molecular flexibility index (Phi) is 3.19. The van der Waals surface area contributed by atoms with Gasteiger partial charge in [-0.05, 0) is 28.8 Å². The van der Waals surface area contributed by atoms with E-state index in [0.29, 0.717) is 0 Å². The molecule has 2 rings (SSSR count). The van der Waals surface area contributed by atoms with Gasteiger partial charge in [-0.3, -0.25) is 0 Å². The van der Waals surface area contributed by atoms with Crippen molar-refractivity contribution in [1.29, 1.82) is 0 Å². The maximum Gasteiger partial charge on any atom is 0.222 e. The molecular formula is C11H8Cl2N2. The Morgan fingerprint density at radius 3 is 2.33 bits per heavy atom. The molecule has 0 bridgehead atoms. The third-order valence-corrected chi connectivity index (χ3v) is 2.59. The molecule has 0 radical (unpaired) electrons. The molecule has 0 N–H and O–H groups in total. The average Bonchev–Trinajstić information content (AvgIpc) is 2.25. The van der Waals surface area contributed by atoms with Gasteiger partial charge in [0.2, 0.25) is 5.28 Å². The number of nitrogens with zero attached hydrogens (tertiary/aromatic N) is 2. The average molecular weight is 239 g/mol. The fourth-order valence-corrected chi connectivity index (χ4v) is 1.59. The van der Waals surface area contributed by atoms with Crippen LogP contribution in [0, 0.1) is 0 Å². The third-order valence-electron chi connectivity index (χ3n) is 2.03. The molecule has 0 spiro atoms. The van der Waals surface area contributed by atoms with Crippen molar-refractivity contribution < 1.29 is 0 Å². The second kappa shape index (κ2) is 4.60. The zero-order valence-corrected chi connectivity index (χ0v) is 9.33. The maximum atomic E-state index is 6.04. The molecule has 2 nitrogen and oxygen atoms in total. The van der Waals surface area contributed by atoms with Crippen molar-refractivity contribution in [1.82, 2.24) is 9.97 Å². The fraction of sp³-hybridized carbons (Fsp3) is 0.0909. The van der Waals surface area contributed by atoms with Crippen molar-refractivity contribution in [3.8, 4) is 0 Å².